The molecule has 1 aliphatic rings. The average Bonchev–Trinajstić information content (AvgIpc) is 3.17. The van der Waals surface area contributed by atoms with Crippen LogP contribution < -0.4 is 0 Å². The number of carbonyl (C=O) groups excluding carboxylic acids is 1. The van der Waals surface area contributed by atoms with Crippen molar-refractivity contribution in [3.05, 3.63) is 29.6 Å². The second kappa shape index (κ2) is 5.66. The van der Waals surface area contributed by atoms with Crippen LogP contribution in [0.3, 0.4) is 0 Å². The minimum Gasteiger partial charge on any atom is -0.505 e. The number of halogens is 1. The zero-order valence-electron chi connectivity index (χ0n) is 13.0. The predicted molar refractivity (Wildman–Crippen MR) is 78.5 cm³/mol. The molecule has 0 unspecified atom stereocenters. The van der Waals surface area contributed by atoms with Crippen LogP contribution in [0, 0.1) is 17.7 Å². The van der Waals surface area contributed by atoms with Crippen LogP contribution in [0.5, 0.6) is 5.75 Å². The lowest BCUT2D eigenvalue weighted by Gasteiger charge is -2.27. The fourth-order valence-electron chi connectivity index (χ4n) is 2.72. The molecule has 1 aliphatic carbocycles. The van der Waals surface area contributed by atoms with E-state index in [-0.39, 0.29) is 23.6 Å². The van der Waals surface area contributed by atoms with E-state index in [1.165, 1.54) is 6.07 Å². The van der Waals surface area contributed by atoms with Gasteiger partial charge in [-0.1, -0.05) is 19.1 Å². The summed E-state index contributed by atoms with van der Waals surface area (Å²) in [6.45, 7) is 7.23. The summed E-state index contributed by atoms with van der Waals surface area (Å²) in [4.78, 5) is 12.3. The third-order valence-corrected chi connectivity index (χ3v) is 3.81. The number of phenols is 1. The van der Waals surface area contributed by atoms with Crippen LogP contribution in [-0.2, 0) is 9.53 Å². The SMILES string of the molecule is C[C@H](C(=O)OC(C)(C)C)[C@H](c1cccc(O)c1F)C1CC1. The first-order valence-corrected chi connectivity index (χ1v) is 7.41. The molecule has 1 N–H and O–H groups in total. The molecule has 0 aliphatic heterocycles. The van der Waals surface area contributed by atoms with Crippen LogP contribution >= 0.6 is 0 Å². The first kappa shape index (κ1) is 15.8. The zero-order chi connectivity index (χ0) is 15.8. The van der Waals surface area contributed by atoms with Crippen molar-refractivity contribution < 1.29 is 19.0 Å². The van der Waals surface area contributed by atoms with E-state index >= 15 is 0 Å². The molecule has 4 heteroatoms. The van der Waals surface area contributed by atoms with Gasteiger partial charge in [-0.25, -0.2) is 4.39 Å². The van der Waals surface area contributed by atoms with Crippen molar-refractivity contribution in [2.75, 3.05) is 0 Å². The third-order valence-electron chi connectivity index (χ3n) is 3.81. The van der Waals surface area contributed by atoms with Gasteiger partial charge in [-0.3, -0.25) is 4.79 Å². The van der Waals surface area contributed by atoms with Gasteiger partial charge in [0.2, 0.25) is 0 Å². The molecule has 0 amide bonds. The van der Waals surface area contributed by atoms with E-state index in [0.29, 0.717) is 5.56 Å². The molecule has 116 valence electrons. The number of hydrogen-bond acceptors (Lipinski definition) is 3. The number of rotatable bonds is 4. The Balaban J connectivity index is 2.27. The Morgan fingerprint density at radius 3 is 2.52 bits per heavy atom. The lowest BCUT2D eigenvalue weighted by Crippen LogP contribution is -2.31. The molecule has 0 bridgehead atoms. The van der Waals surface area contributed by atoms with Crippen molar-refractivity contribution >= 4 is 5.97 Å². The minimum absolute atomic E-state index is 0.244. The summed E-state index contributed by atoms with van der Waals surface area (Å²) in [6, 6.07) is 4.59. The Morgan fingerprint density at radius 1 is 1.38 bits per heavy atom. The van der Waals surface area contributed by atoms with Gasteiger partial charge in [0.25, 0.3) is 0 Å². The Morgan fingerprint density at radius 2 is 2.00 bits per heavy atom. The van der Waals surface area contributed by atoms with Crippen molar-refractivity contribution in [1.29, 1.82) is 0 Å². The lowest BCUT2D eigenvalue weighted by atomic mass is 9.82. The summed E-state index contributed by atoms with van der Waals surface area (Å²) in [7, 11) is 0. The van der Waals surface area contributed by atoms with Gasteiger partial charge in [-0.15, -0.1) is 0 Å². The summed E-state index contributed by atoms with van der Waals surface area (Å²) in [5.74, 6) is -1.70. The van der Waals surface area contributed by atoms with E-state index in [4.69, 9.17) is 4.74 Å². The van der Waals surface area contributed by atoms with E-state index in [2.05, 4.69) is 0 Å². The molecule has 21 heavy (non-hydrogen) atoms. The Kier molecular flexibility index (Phi) is 4.26. The van der Waals surface area contributed by atoms with Gasteiger partial charge >= 0.3 is 5.97 Å². The molecule has 0 heterocycles. The highest BCUT2D eigenvalue weighted by atomic mass is 19.1. The molecule has 0 aromatic heterocycles. The van der Waals surface area contributed by atoms with Gasteiger partial charge < -0.3 is 9.84 Å². The first-order valence-electron chi connectivity index (χ1n) is 7.41. The molecule has 3 nitrogen and oxygen atoms in total. The van der Waals surface area contributed by atoms with Gasteiger partial charge in [0.15, 0.2) is 11.6 Å². The maximum Gasteiger partial charge on any atom is 0.309 e. The van der Waals surface area contributed by atoms with E-state index in [0.717, 1.165) is 12.8 Å². The van der Waals surface area contributed by atoms with E-state index in [1.54, 1.807) is 19.1 Å². The van der Waals surface area contributed by atoms with Crippen LogP contribution in [0.15, 0.2) is 18.2 Å². The third kappa shape index (κ3) is 3.74. The van der Waals surface area contributed by atoms with Crippen LogP contribution in [0.2, 0.25) is 0 Å². The fraction of sp³-hybridized carbons (Fsp3) is 0.588. The van der Waals surface area contributed by atoms with Crippen molar-refractivity contribution in [1.82, 2.24) is 0 Å². The topological polar surface area (TPSA) is 46.5 Å². The minimum atomic E-state index is -0.621. The Bertz CT molecular complexity index is 529. The highest BCUT2D eigenvalue weighted by Gasteiger charge is 2.41. The quantitative estimate of drug-likeness (QED) is 0.854. The monoisotopic (exact) mass is 294 g/mol. The van der Waals surface area contributed by atoms with Crippen LogP contribution in [0.4, 0.5) is 4.39 Å². The van der Waals surface area contributed by atoms with Crippen LogP contribution in [0.25, 0.3) is 0 Å². The molecule has 0 radical (unpaired) electrons. The van der Waals surface area contributed by atoms with Crippen LogP contribution in [-0.4, -0.2) is 16.7 Å². The average molecular weight is 294 g/mol. The standard InChI is InChI=1S/C17H23FO3/c1-10(16(20)21-17(2,3)4)14(11-8-9-11)12-6-5-7-13(19)15(12)18/h5-7,10-11,14,19H,8-9H2,1-4H3/t10-,14-/m0/s1. The normalized spacial score (nSPS) is 18.1. The zero-order valence-corrected chi connectivity index (χ0v) is 13.0. The molecule has 0 spiro atoms. The maximum absolute atomic E-state index is 14.2. The Labute approximate surface area is 125 Å². The molecule has 0 saturated heterocycles. The van der Waals surface area contributed by atoms with Gasteiger partial charge in [0.1, 0.15) is 5.60 Å². The summed E-state index contributed by atoms with van der Waals surface area (Å²) in [5.41, 5.74) is -0.146. The number of carbonyl (C=O) groups is 1. The van der Waals surface area contributed by atoms with Crippen molar-refractivity contribution in [2.24, 2.45) is 11.8 Å². The molecule has 2 rings (SSSR count). The highest BCUT2D eigenvalue weighted by Crippen LogP contribution is 2.48. The van der Waals surface area contributed by atoms with Crippen molar-refractivity contribution in [2.45, 2.75) is 52.1 Å². The van der Waals surface area contributed by atoms with E-state index < -0.39 is 17.3 Å². The first-order chi connectivity index (χ1) is 9.70. The molecule has 1 aromatic carbocycles. The second-order valence-electron chi connectivity index (χ2n) is 6.87. The summed E-state index contributed by atoms with van der Waals surface area (Å²) < 4.78 is 19.6. The van der Waals surface area contributed by atoms with Gasteiger partial charge in [-0.2, -0.15) is 0 Å². The molecule has 1 saturated carbocycles. The number of esters is 1. The number of ether oxygens (including phenoxy) is 1. The molecular formula is C17H23FO3. The molecule has 1 fully saturated rings. The maximum atomic E-state index is 14.2. The highest BCUT2D eigenvalue weighted by molar-refractivity contribution is 5.74. The molecule has 2 atom stereocenters. The van der Waals surface area contributed by atoms with Crippen molar-refractivity contribution in [3.8, 4) is 5.75 Å². The number of phenolic OH excluding ortho intramolecular Hbond substituents is 1. The van der Waals surface area contributed by atoms with Crippen LogP contribution in [0.1, 0.15) is 52.0 Å². The summed E-state index contributed by atoms with van der Waals surface area (Å²) in [6.07, 6.45) is 1.96. The van der Waals surface area contributed by atoms with E-state index in [9.17, 15) is 14.3 Å². The lowest BCUT2D eigenvalue weighted by molar-refractivity contribution is -0.160. The van der Waals surface area contributed by atoms with E-state index in [1.807, 2.05) is 20.8 Å². The van der Waals surface area contributed by atoms with Gasteiger partial charge in [0, 0.05) is 5.92 Å². The van der Waals surface area contributed by atoms with Gasteiger partial charge in [0.05, 0.1) is 5.92 Å². The summed E-state index contributed by atoms with van der Waals surface area (Å²) in [5, 5.41) is 9.57. The smallest absolute Gasteiger partial charge is 0.309 e. The molecular weight excluding hydrogens is 271 g/mol. The fourth-order valence-corrected chi connectivity index (χ4v) is 2.72. The second-order valence-corrected chi connectivity index (χ2v) is 6.87. The number of hydrogen-bond donors (Lipinski definition) is 1. The van der Waals surface area contributed by atoms with Gasteiger partial charge in [-0.05, 0) is 51.2 Å². The number of benzene rings is 1. The summed E-state index contributed by atoms with van der Waals surface area (Å²) >= 11 is 0. The largest absolute Gasteiger partial charge is 0.505 e. The van der Waals surface area contributed by atoms with Crippen molar-refractivity contribution in [3.63, 3.8) is 0 Å². The number of aromatic hydroxyl groups is 1. The Hall–Kier alpha value is -1.58. The predicted octanol–water partition coefficient (Wildman–Crippen LogP) is 4.00. The molecule has 1 aromatic rings.